The molecule has 0 radical (unpaired) electrons. The van der Waals surface area contributed by atoms with E-state index in [0.29, 0.717) is 11.1 Å². The van der Waals surface area contributed by atoms with Crippen LogP contribution in [0.2, 0.25) is 0 Å². The van der Waals surface area contributed by atoms with Crippen molar-refractivity contribution >= 4 is 21.8 Å². The number of carbonyl (C=O) groups excluding carboxylic acids is 2. The van der Waals surface area contributed by atoms with E-state index in [2.05, 4.69) is 15.4 Å². The van der Waals surface area contributed by atoms with Gasteiger partial charge in [-0.15, -0.1) is 0 Å². The van der Waals surface area contributed by atoms with Gasteiger partial charge in [0.25, 0.3) is 11.8 Å². The van der Waals surface area contributed by atoms with E-state index in [1.807, 2.05) is 0 Å². The Morgan fingerprint density at radius 1 is 1.00 bits per heavy atom. The van der Waals surface area contributed by atoms with E-state index in [1.165, 1.54) is 31.3 Å². The number of carbonyl (C=O) groups is 2. The molecule has 3 N–H and O–H groups in total. The second-order valence-corrected chi connectivity index (χ2v) is 7.97. The molecule has 0 aromatic heterocycles. The fraction of sp³-hybridized carbons (Fsp3) is 0.263. The zero-order chi connectivity index (χ0) is 20.9. The summed E-state index contributed by atoms with van der Waals surface area (Å²) in [5.41, 5.74) is 1.33. The number of halogens is 1. The van der Waals surface area contributed by atoms with Gasteiger partial charge in [-0.05, 0) is 56.3 Å². The molecule has 2 amide bonds. The molecule has 0 saturated carbocycles. The van der Waals surface area contributed by atoms with Gasteiger partial charge in [-0.25, -0.2) is 17.5 Å². The molecule has 2 rings (SSSR count). The van der Waals surface area contributed by atoms with Crippen molar-refractivity contribution < 1.29 is 22.4 Å². The summed E-state index contributed by atoms with van der Waals surface area (Å²) in [7, 11) is -2.40. The number of hydrogen-bond acceptors (Lipinski definition) is 4. The molecule has 150 valence electrons. The smallest absolute Gasteiger partial charge is 0.254 e. The molecule has 9 heteroatoms. The fourth-order valence-electron chi connectivity index (χ4n) is 2.54. The summed E-state index contributed by atoms with van der Waals surface area (Å²) < 4.78 is 40.0. The lowest BCUT2D eigenvalue weighted by atomic mass is 10.1. The Bertz CT molecular complexity index is 1010. The van der Waals surface area contributed by atoms with Crippen molar-refractivity contribution in [1.82, 2.24) is 15.4 Å². The molecule has 0 bridgehead atoms. The Morgan fingerprint density at radius 3 is 2.21 bits per heavy atom. The van der Waals surface area contributed by atoms with Crippen molar-refractivity contribution in [3.63, 3.8) is 0 Å². The van der Waals surface area contributed by atoms with Gasteiger partial charge in [-0.2, -0.15) is 0 Å². The topological polar surface area (TPSA) is 104 Å². The summed E-state index contributed by atoms with van der Waals surface area (Å²) in [6.45, 7) is 3.57. The maximum atomic E-state index is 13.5. The number of amides is 2. The van der Waals surface area contributed by atoms with Crippen LogP contribution in [-0.2, 0) is 10.0 Å². The molecule has 0 heterocycles. The Balaban J connectivity index is 2.00. The minimum Gasteiger partial charge on any atom is -0.350 e. The molecule has 0 atom stereocenters. The molecule has 0 aliphatic carbocycles. The van der Waals surface area contributed by atoms with Crippen molar-refractivity contribution in [3.05, 3.63) is 64.5 Å². The first-order valence-electron chi connectivity index (χ1n) is 8.53. The van der Waals surface area contributed by atoms with Crippen molar-refractivity contribution in [2.75, 3.05) is 20.1 Å². The number of nitrogens with one attached hydrogen (secondary N) is 3. The Labute approximate surface area is 163 Å². The lowest BCUT2D eigenvalue weighted by molar-refractivity contribution is 0.0925. The lowest BCUT2D eigenvalue weighted by Crippen LogP contribution is -2.35. The third-order valence-electron chi connectivity index (χ3n) is 4.25. The quantitative estimate of drug-likeness (QED) is 0.605. The summed E-state index contributed by atoms with van der Waals surface area (Å²) in [6.07, 6.45) is 0. The van der Waals surface area contributed by atoms with E-state index in [1.54, 1.807) is 26.0 Å². The van der Waals surface area contributed by atoms with Crippen LogP contribution in [0.15, 0.2) is 41.3 Å². The lowest BCUT2D eigenvalue weighted by Gasteiger charge is -2.13. The van der Waals surface area contributed by atoms with Gasteiger partial charge in [0.1, 0.15) is 5.82 Å². The van der Waals surface area contributed by atoms with E-state index < -0.39 is 27.7 Å². The molecule has 0 spiro atoms. The van der Waals surface area contributed by atoms with Crippen LogP contribution >= 0.6 is 0 Å². The highest BCUT2D eigenvalue weighted by atomic mass is 32.2. The maximum absolute atomic E-state index is 13.5. The van der Waals surface area contributed by atoms with Crippen LogP contribution in [0.3, 0.4) is 0 Å². The Morgan fingerprint density at radius 2 is 1.61 bits per heavy atom. The van der Waals surface area contributed by atoms with Crippen LogP contribution in [0, 0.1) is 19.7 Å². The number of rotatable bonds is 7. The molecule has 0 fully saturated rings. The Kier molecular flexibility index (Phi) is 6.87. The largest absolute Gasteiger partial charge is 0.350 e. The van der Waals surface area contributed by atoms with Gasteiger partial charge in [0, 0.05) is 18.7 Å². The van der Waals surface area contributed by atoms with E-state index in [0.717, 1.165) is 0 Å². The van der Waals surface area contributed by atoms with E-state index in [-0.39, 0.29) is 29.1 Å². The molecule has 7 nitrogen and oxygen atoms in total. The summed E-state index contributed by atoms with van der Waals surface area (Å²) >= 11 is 0. The van der Waals surface area contributed by atoms with Gasteiger partial charge < -0.3 is 10.6 Å². The highest BCUT2D eigenvalue weighted by Gasteiger charge is 2.19. The number of sulfonamides is 1. The first kappa shape index (κ1) is 21.5. The predicted octanol–water partition coefficient (Wildman–Crippen LogP) is 1.51. The average molecular weight is 407 g/mol. The van der Waals surface area contributed by atoms with Crippen molar-refractivity contribution in [2.24, 2.45) is 0 Å². The molecular weight excluding hydrogens is 385 g/mol. The Hall–Kier alpha value is -2.78. The molecule has 2 aromatic carbocycles. The third kappa shape index (κ3) is 4.93. The monoisotopic (exact) mass is 407 g/mol. The van der Waals surface area contributed by atoms with E-state index in [9.17, 15) is 22.4 Å². The second-order valence-electron chi connectivity index (χ2n) is 6.12. The van der Waals surface area contributed by atoms with Gasteiger partial charge in [-0.3, -0.25) is 9.59 Å². The minimum absolute atomic E-state index is 0.0352. The maximum Gasteiger partial charge on any atom is 0.254 e. The summed E-state index contributed by atoms with van der Waals surface area (Å²) in [6, 6.07) is 8.49. The normalized spacial score (nSPS) is 11.1. The van der Waals surface area contributed by atoms with Crippen molar-refractivity contribution in [1.29, 1.82) is 0 Å². The van der Waals surface area contributed by atoms with Crippen LogP contribution in [0.5, 0.6) is 0 Å². The SMILES string of the molecule is CNS(=O)(=O)c1cc(C(=O)NCCNC(=O)c2ccccc2F)cc(C)c1C. The molecule has 0 saturated heterocycles. The zero-order valence-electron chi connectivity index (χ0n) is 15.8. The summed E-state index contributed by atoms with van der Waals surface area (Å²) in [5.74, 6) is -1.69. The zero-order valence-corrected chi connectivity index (χ0v) is 16.6. The molecule has 2 aromatic rings. The van der Waals surface area contributed by atoms with Gasteiger partial charge in [0.2, 0.25) is 10.0 Å². The predicted molar refractivity (Wildman–Crippen MR) is 103 cm³/mol. The highest BCUT2D eigenvalue weighted by molar-refractivity contribution is 7.89. The second kappa shape index (κ2) is 8.94. The highest BCUT2D eigenvalue weighted by Crippen LogP contribution is 2.21. The van der Waals surface area contributed by atoms with Gasteiger partial charge in [0.15, 0.2) is 0 Å². The van der Waals surface area contributed by atoms with E-state index in [4.69, 9.17) is 0 Å². The number of aryl methyl sites for hydroxylation is 1. The third-order valence-corrected chi connectivity index (χ3v) is 5.80. The molecular formula is C19H22FN3O4S. The minimum atomic E-state index is -3.70. The molecule has 0 aliphatic heterocycles. The fourth-order valence-corrected chi connectivity index (χ4v) is 3.61. The molecule has 28 heavy (non-hydrogen) atoms. The van der Waals surface area contributed by atoms with Crippen LogP contribution in [-0.4, -0.2) is 40.4 Å². The van der Waals surface area contributed by atoms with Crippen molar-refractivity contribution in [3.8, 4) is 0 Å². The molecule has 0 unspecified atom stereocenters. The van der Waals surface area contributed by atoms with Gasteiger partial charge >= 0.3 is 0 Å². The average Bonchev–Trinajstić information content (AvgIpc) is 2.67. The van der Waals surface area contributed by atoms with Gasteiger partial charge in [0.05, 0.1) is 10.5 Å². The first-order valence-corrected chi connectivity index (χ1v) is 10.0. The van der Waals surface area contributed by atoms with Crippen LogP contribution < -0.4 is 15.4 Å². The van der Waals surface area contributed by atoms with E-state index >= 15 is 0 Å². The standard InChI is InChI=1S/C19H22FN3O4S/c1-12-10-14(11-17(13(12)2)28(26,27)21-3)18(24)22-8-9-23-19(25)15-6-4-5-7-16(15)20/h4-7,10-11,21H,8-9H2,1-3H3,(H,22,24)(H,23,25). The summed E-state index contributed by atoms with van der Waals surface area (Å²) in [4.78, 5) is 24.3. The number of hydrogen-bond donors (Lipinski definition) is 3. The molecule has 0 aliphatic rings. The first-order chi connectivity index (χ1) is 13.2. The van der Waals surface area contributed by atoms with Crippen LogP contribution in [0.1, 0.15) is 31.8 Å². The van der Waals surface area contributed by atoms with Crippen LogP contribution in [0.25, 0.3) is 0 Å². The summed E-state index contributed by atoms with van der Waals surface area (Å²) in [5, 5.41) is 5.11. The number of benzene rings is 2. The van der Waals surface area contributed by atoms with Gasteiger partial charge in [-0.1, -0.05) is 12.1 Å². The van der Waals surface area contributed by atoms with Crippen molar-refractivity contribution in [2.45, 2.75) is 18.7 Å². The van der Waals surface area contributed by atoms with Crippen LogP contribution in [0.4, 0.5) is 4.39 Å².